The summed E-state index contributed by atoms with van der Waals surface area (Å²) < 4.78 is 2.60. The van der Waals surface area contributed by atoms with Crippen LogP contribution < -0.4 is 0 Å². The predicted molar refractivity (Wildman–Crippen MR) is 62.3 cm³/mol. The minimum absolute atomic E-state index is 0.668. The van der Waals surface area contributed by atoms with Crippen LogP contribution in [0.15, 0.2) is 30.6 Å². The number of aromatic amines is 1. The normalized spacial score (nSPS) is 10.5. The van der Waals surface area contributed by atoms with E-state index >= 15 is 0 Å². The molecule has 4 heteroatoms. The number of rotatable bonds is 3. The van der Waals surface area contributed by atoms with Crippen molar-refractivity contribution in [2.45, 2.75) is 19.9 Å². The summed E-state index contributed by atoms with van der Waals surface area (Å²) in [6, 6.07) is 8.40. The van der Waals surface area contributed by atoms with Gasteiger partial charge in [-0.25, -0.2) is 0 Å². The van der Waals surface area contributed by atoms with Gasteiger partial charge in [-0.05, 0) is 29.8 Å². The molecular weight excluding hydrogens is 206 g/mol. The van der Waals surface area contributed by atoms with Gasteiger partial charge in [-0.15, -0.1) is 0 Å². The molecule has 1 aromatic heterocycles. The Morgan fingerprint density at radius 3 is 2.67 bits per heavy atom. The first-order valence-electron chi connectivity index (χ1n) is 4.98. The first kappa shape index (κ1) is 10.1. The lowest BCUT2D eigenvalue weighted by Gasteiger charge is -2.07. The van der Waals surface area contributed by atoms with Gasteiger partial charge in [-0.3, -0.25) is 5.10 Å². The van der Waals surface area contributed by atoms with Crippen molar-refractivity contribution in [2.24, 2.45) is 0 Å². The number of benzene rings is 1. The second-order valence-corrected chi connectivity index (χ2v) is 3.80. The summed E-state index contributed by atoms with van der Waals surface area (Å²) in [6.07, 6.45) is 2.77. The number of nitrogens with one attached hydrogen (secondary N) is 1. The van der Waals surface area contributed by atoms with Gasteiger partial charge in [-0.1, -0.05) is 31.2 Å². The summed E-state index contributed by atoms with van der Waals surface area (Å²) in [5.41, 5.74) is 2.66. The van der Waals surface area contributed by atoms with Crippen LogP contribution in [0.1, 0.15) is 18.1 Å². The fraction of sp³-hybridized carbons (Fsp3) is 0.273. The second-order valence-electron chi connectivity index (χ2n) is 3.41. The van der Waals surface area contributed by atoms with Gasteiger partial charge in [0.25, 0.3) is 0 Å². The summed E-state index contributed by atoms with van der Waals surface area (Å²) in [5, 5.41) is 6.66. The van der Waals surface area contributed by atoms with Crippen molar-refractivity contribution in [3.05, 3.63) is 46.5 Å². The van der Waals surface area contributed by atoms with Crippen molar-refractivity contribution in [1.29, 1.82) is 0 Å². The molecule has 1 N–H and O–H groups in total. The Balaban J connectivity index is 2.32. The zero-order valence-electron chi connectivity index (χ0n) is 8.60. The van der Waals surface area contributed by atoms with Crippen molar-refractivity contribution in [1.82, 2.24) is 14.8 Å². The molecule has 2 rings (SSSR count). The van der Waals surface area contributed by atoms with E-state index in [0.717, 1.165) is 13.0 Å². The lowest BCUT2D eigenvalue weighted by Crippen LogP contribution is -2.01. The lowest BCUT2D eigenvalue weighted by molar-refractivity contribution is 0.772. The molecule has 0 amide bonds. The van der Waals surface area contributed by atoms with Crippen LogP contribution in [0.2, 0.25) is 0 Å². The molecule has 1 heterocycles. The number of aryl methyl sites for hydroxylation is 1. The Bertz CT molecular complexity index is 498. The van der Waals surface area contributed by atoms with Crippen LogP contribution in [0.25, 0.3) is 0 Å². The average Bonchev–Trinajstić information content (AvgIpc) is 2.65. The molecule has 0 radical (unpaired) electrons. The van der Waals surface area contributed by atoms with Gasteiger partial charge in [-0.2, -0.15) is 5.10 Å². The molecule has 15 heavy (non-hydrogen) atoms. The minimum atomic E-state index is 0.668. The van der Waals surface area contributed by atoms with E-state index in [9.17, 15) is 0 Å². The molecule has 0 aliphatic heterocycles. The van der Waals surface area contributed by atoms with Gasteiger partial charge in [0, 0.05) is 0 Å². The van der Waals surface area contributed by atoms with E-state index in [1.54, 1.807) is 6.33 Å². The Kier molecular flexibility index (Phi) is 2.97. The molecule has 3 nitrogen and oxygen atoms in total. The second kappa shape index (κ2) is 4.40. The van der Waals surface area contributed by atoms with Gasteiger partial charge >= 0.3 is 0 Å². The Morgan fingerprint density at radius 1 is 1.33 bits per heavy atom. The first-order valence-corrected chi connectivity index (χ1v) is 5.38. The summed E-state index contributed by atoms with van der Waals surface area (Å²) >= 11 is 5.11. The van der Waals surface area contributed by atoms with Crippen molar-refractivity contribution >= 4 is 12.2 Å². The van der Waals surface area contributed by atoms with Crippen LogP contribution in [0, 0.1) is 4.77 Å². The highest BCUT2D eigenvalue weighted by molar-refractivity contribution is 7.71. The number of hydrogen-bond donors (Lipinski definition) is 1. The maximum Gasteiger partial charge on any atom is 0.195 e. The SMILES string of the molecule is CCc1ccccc1Cn1cn[nH]c1=S. The minimum Gasteiger partial charge on any atom is -0.302 e. The topological polar surface area (TPSA) is 33.6 Å². The quantitative estimate of drug-likeness (QED) is 0.805. The zero-order valence-corrected chi connectivity index (χ0v) is 9.42. The highest BCUT2D eigenvalue weighted by Gasteiger charge is 2.01. The fourth-order valence-corrected chi connectivity index (χ4v) is 1.79. The molecule has 0 spiro atoms. The third-order valence-corrected chi connectivity index (χ3v) is 2.78. The van der Waals surface area contributed by atoms with Crippen molar-refractivity contribution in [3.8, 4) is 0 Å². The molecule has 0 unspecified atom stereocenters. The molecule has 0 bridgehead atoms. The summed E-state index contributed by atoms with van der Waals surface area (Å²) in [4.78, 5) is 0. The number of hydrogen-bond acceptors (Lipinski definition) is 2. The van der Waals surface area contributed by atoms with Crippen LogP contribution in [-0.4, -0.2) is 14.8 Å². The predicted octanol–water partition coefficient (Wildman–Crippen LogP) is 2.55. The lowest BCUT2D eigenvalue weighted by atomic mass is 10.1. The maximum absolute atomic E-state index is 5.11. The van der Waals surface area contributed by atoms with Crippen LogP contribution in [0.5, 0.6) is 0 Å². The zero-order chi connectivity index (χ0) is 10.7. The Labute approximate surface area is 93.8 Å². The Hall–Kier alpha value is -1.42. The molecule has 0 saturated carbocycles. The van der Waals surface area contributed by atoms with E-state index in [1.165, 1.54) is 11.1 Å². The highest BCUT2D eigenvalue weighted by Crippen LogP contribution is 2.11. The van der Waals surface area contributed by atoms with E-state index in [4.69, 9.17) is 12.2 Å². The molecule has 0 fully saturated rings. The molecule has 0 saturated heterocycles. The largest absolute Gasteiger partial charge is 0.302 e. The number of nitrogens with zero attached hydrogens (tertiary/aromatic N) is 2. The summed E-state index contributed by atoms with van der Waals surface area (Å²) in [7, 11) is 0. The third kappa shape index (κ3) is 2.15. The number of aromatic nitrogens is 3. The smallest absolute Gasteiger partial charge is 0.195 e. The standard InChI is InChI=1S/C11H13N3S/c1-2-9-5-3-4-6-10(9)7-14-8-12-13-11(14)15/h3-6,8H,2,7H2,1H3,(H,13,15). The monoisotopic (exact) mass is 219 g/mol. The molecule has 0 aliphatic carbocycles. The highest BCUT2D eigenvalue weighted by atomic mass is 32.1. The number of H-pyrrole nitrogens is 1. The van der Waals surface area contributed by atoms with E-state index < -0.39 is 0 Å². The Morgan fingerprint density at radius 2 is 2.07 bits per heavy atom. The van der Waals surface area contributed by atoms with Crippen LogP contribution in [-0.2, 0) is 13.0 Å². The molecule has 1 aromatic carbocycles. The van der Waals surface area contributed by atoms with Gasteiger partial charge < -0.3 is 4.57 Å². The molecule has 0 aliphatic rings. The van der Waals surface area contributed by atoms with E-state index in [0.29, 0.717) is 4.77 Å². The van der Waals surface area contributed by atoms with Crippen molar-refractivity contribution in [2.75, 3.05) is 0 Å². The van der Waals surface area contributed by atoms with Crippen molar-refractivity contribution in [3.63, 3.8) is 0 Å². The maximum atomic E-state index is 5.11. The van der Waals surface area contributed by atoms with Gasteiger partial charge in [0.15, 0.2) is 4.77 Å². The van der Waals surface area contributed by atoms with Crippen LogP contribution in [0.4, 0.5) is 0 Å². The van der Waals surface area contributed by atoms with Crippen LogP contribution >= 0.6 is 12.2 Å². The van der Waals surface area contributed by atoms with E-state index in [2.05, 4.69) is 41.4 Å². The molecular formula is C11H13N3S. The molecule has 0 atom stereocenters. The summed E-state index contributed by atoms with van der Waals surface area (Å²) in [5.74, 6) is 0. The van der Waals surface area contributed by atoms with Gasteiger partial charge in [0.1, 0.15) is 6.33 Å². The first-order chi connectivity index (χ1) is 7.31. The summed E-state index contributed by atoms with van der Waals surface area (Å²) in [6.45, 7) is 2.95. The van der Waals surface area contributed by atoms with Crippen LogP contribution in [0.3, 0.4) is 0 Å². The van der Waals surface area contributed by atoms with Crippen molar-refractivity contribution < 1.29 is 0 Å². The fourth-order valence-electron chi connectivity index (χ4n) is 1.62. The van der Waals surface area contributed by atoms with E-state index in [1.807, 2.05) is 4.57 Å². The average molecular weight is 219 g/mol. The van der Waals surface area contributed by atoms with Gasteiger partial charge in [0.05, 0.1) is 6.54 Å². The van der Waals surface area contributed by atoms with Gasteiger partial charge in [0.2, 0.25) is 0 Å². The molecule has 2 aromatic rings. The third-order valence-electron chi connectivity index (χ3n) is 2.46. The molecule has 78 valence electrons. The van der Waals surface area contributed by atoms with E-state index in [-0.39, 0.29) is 0 Å².